The van der Waals surface area contributed by atoms with Crippen molar-refractivity contribution in [2.45, 2.75) is 5.75 Å². The predicted octanol–water partition coefficient (Wildman–Crippen LogP) is 2.57. The van der Waals surface area contributed by atoms with E-state index in [1.165, 1.54) is 0 Å². The van der Waals surface area contributed by atoms with E-state index in [1.54, 1.807) is 18.0 Å². The van der Waals surface area contributed by atoms with Gasteiger partial charge in [0.05, 0.1) is 12.3 Å². The van der Waals surface area contributed by atoms with Crippen LogP contribution in [0.2, 0.25) is 0 Å². The number of aliphatic hydroxyl groups excluding tert-OH is 1. The summed E-state index contributed by atoms with van der Waals surface area (Å²) in [5, 5.41) is 8.66. The lowest BCUT2D eigenvalue weighted by molar-refractivity contribution is 0.322. The van der Waals surface area contributed by atoms with Gasteiger partial charge >= 0.3 is 0 Å². The summed E-state index contributed by atoms with van der Waals surface area (Å²) >= 11 is 1.64. The third kappa shape index (κ3) is 2.87. The largest absolute Gasteiger partial charge is 0.444 e. The van der Waals surface area contributed by atoms with E-state index in [0.717, 1.165) is 22.8 Å². The quantitative estimate of drug-likeness (QED) is 0.809. The molecule has 0 saturated carbocycles. The Balaban J connectivity index is 2.02. The van der Waals surface area contributed by atoms with Crippen molar-refractivity contribution >= 4 is 11.8 Å². The molecule has 0 radical (unpaired) electrons. The molecule has 0 aliphatic carbocycles. The van der Waals surface area contributed by atoms with Gasteiger partial charge in [-0.25, -0.2) is 4.98 Å². The number of hydrogen-bond acceptors (Lipinski definition) is 4. The number of oxazole rings is 1. The van der Waals surface area contributed by atoms with Crippen LogP contribution in [0, 0.1) is 0 Å². The van der Waals surface area contributed by atoms with Gasteiger partial charge in [-0.15, -0.1) is 0 Å². The van der Waals surface area contributed by atoms with Crippen LogP contribution in [0.3, 0.4) is 0 Å². The van der Waals surface area contributed by atoms with Crippen LogP contribution in [0.4, 0.5) is 0 Å². The van der Waals surface area contributed by atoms with Gasteiger partial charge < -0.3 is 9.52 Å². The summed E-state index contributed by atoms with van der Waals surface area (Å²) in [6, 6.07) is 9.82. The Morgan fingerprint density at radius 3 is 2.81 bits per heavy atom. The van der Waals surface area contributed by atoms with Gasteiger partial charge in [-0.2, -0.15) is 11.8 Å². The summed E-state index contributed by atoms with van der Waals surface area (Å²) in [6.07, 6.45) is 1.67. The van der Waals surface area contributed by atoms with E-state index in [0.29, 0.717) is 5.89 Å². The van der Waals surface area contributed by atoms with Crippen molar-refractivity contribution in [1.82, 2.24) is 4.98 Å². The molecule has 84 valence electrons. The van der Waals surface area contributed by atoms with Gasteiger partial charge in [-0.3, -0.25) is 0 Å². The van der Waals surface area contributed by atoms with Crippen molar-refractivity contribution in [3.8, 4) is 11.5 Å². The molecule has 0 saturated heterocycles. The highest BCUT2D eigenvalue weighted by Crippen LogP contribution is 2.20. The summed E-state index contributed by atoms with van der Waals surface area (Å²) < 4.78 is 5.39. The zero-order valence-electron chi connectivity index (χ0n) is 8.80. The Morgan fingerprint density at radius 1 is 1.25 bits per heavy atom. The van der Waals surface area contributed by atoms with Gasteiger partial charge in [-0.05, 0) is 12.1 Å². The van der Waals surface area contributed by atoms with Gasteiger partial charge in [0.15, 0.2) is 0 Å². The normalized spacial score (nSPS) is 10.6. The van der Waals surface area contributed by atoms with Crippen LogP contribution in [-0.2, 0) is 5.75 Å². The molecular formula is C12H13NO2S. The van der Waals surface area contributed by atoms with Crippen LogP contribution in [0.1, 0.15) is 5.69 Å². The third-order valence-electron chi connectivity index (χ3n) is 2.06. The highest BCUT2D eigenvalue weighted by Gasteiger charge is 2.05. The fourth-order valence-electron chi connectivity index (χ4n) is 1.33. The number of aromatic nitrogens is 1. The van der Waals surface area contributed by atoms with E-state index >= 15 is 0 Å². The molecule has 0 bridgehead atoms. The Labute approximate surface area is 98.5 Å². The Bertz CT molecular complexity index is 428. The average Bonchev–Trinajstić information content (AvgIpc) is 2.79. The zero-order chi connectivity index (χ0) is 11.2. The van der Waals surface area contributed by atoms with E-state index in [-0.39, 0.29) is 6.61 Å². The van der Waals surface area contributed by atoms with Crippen molar-refractivity contribution in [3.63, 3.8) is 0 Å². The van der Waals surface area contributed by atoms with Crippen LogP contribution in [-0.4, -0.2) is 22.5 Å². The molecule has 0 fully saturated rings. The molecule has 1 aromatic heterocycles. The number of nitrogens with zero attached hydrogens (tertiary/aromatic N) is 1. The van der Waals surface area contributed by atoms with Gasteiger partial charge in [0.25, 0.3) is 0 Å². The first kappa shape index (κ1) is 11.2. The molecule has 1 aromatic carbocycles. The predicted molar refractivity (Wildman–Crippen MR) is 65.2 cm³/mol. The lowest BCUT2D eigenvalue weighted by Gasteiger charge is -1.94. The van der Waals surface area contributed by atoms with E-state index in [2.05, 4.69) is 4.98 Å². The molecule has 0 atom stereocenters. The molecule has 2 rings (SSSR count). The lowest BCUT2D eigenvalue weighted by Crippen LogP contribution is -1.88. The maximum atomic E-state index is 8.66. The summed E-state index contributed by atoms with van der Waals surface area (Å²) in [5.41, 5.74) is 1.90. The van der Waals surface area contributed by atoms with Crippen molar-refractivity contribution in [2.24, 2.45) is 0 Å². The SMILES string of the molecule is OCCSCc1coc(-c2ccccc2)n1. The first-order valence-corrected chi connectivity index (χ1v) is 6.24. The van der Waals surface area contributed by atoms with E-state index in [1.807, 2.05) is 30.3 Å². The molecule has 0 amide bonds. The second kappa shape index (κ2) is 5.72. The number of rotatable bonds is 5. The van der Waals surface area contributed by atoms with Gasteiger partial charge in [0, 0.05) is 17.1 Å². The minimum atomic E-state index is 0.202. The van der Waals surface area contributed by atoms with Gasteiger partial charge in [-0.1, -0.05) is 18.2 Å². The van der Waals surface area contributed by atoms with Crippen molar-refractivity contribution in [3.05, 3.63) is 42.3 Å². The molecule has 4 heteroatoms. The van der Waals surface area contributed by atoms with Crippen LogP contribution < -0.4 is 0 Å². The number of hydrogen-bond donors (Lipinski definition) is 1. The van der Waals surface area contributed by atoms with E-state index < -0.39 is 0 Å². The van der Waals surface area contributed by atoms with Crippen LogP contribution in [0.5, 0.6) is 0 Å². The van der Waals surface area contributed by atoms with Crippen molar-refractivity contribution in [1.29, 1.82) is 0 Å². The summed E-state index contributed by atoms with van der Waals surface area (Å²) in [5.74, 6) is 2.16. The first-order valence-electron chi connectivity index (χ1n) is 5.08. The standard InChI is InChI=1S/C12H13NO2S/c14-6-7-16-9-11-8-15-12(13-11)10-4-2-1-3-5-10/h1-5,8,14H,6-7,9H2. The highest BCUT2D eigenvalue weighted by atomic mass is 32.2. The smallest absolute Gasteiger partial charge is 0.226 e. The summed E-state index contributed by atoms with van der Waals surface area (Å²) in [4.78, 5) is 4.38. The fraction of sp³-hybridized carbons (Fsp3) is 0.250. The second-order valence-electron chi connectivity index (χ2n) is 3.29. The monoisotopic (exact) mass is 235 g/mol. The minimum Gasteiger partial charge on any atom is -0.444 e. The Kier molecular flexibility index (Phi) is 4.02. The van der Waals surface area contributed by atoms with Gasteiger partial charge in [0.1, 0.15) is 6.26 Å². The average molecular weight is 235 g/mol. The molecule has 0 aliphatic rings. The van der Waals surface area contributed by atoms with Crippen LogP contribution >= 0.6 is 11.8 Å². The first-order chi connectivity index (χ1) is 7.90. The molecule has 0 unspecified atom stereocenters. The maximum absolute atomic E-state index is 8.66. The Morgan fingerprint density at radius 2 is 2.06 bits per heavy atom. The molecule has 2 aromatic rings. The fourth-order valence-corrected chi connectivity index (χ4v) is 1.94. The molecule has 0 spiro atoms. The van der Waals surface area contributed by atoms with Crippen LogP contribution in [0.15, 0.2) is 41.0 Å². The van der Waals surface area contributed by atoms with Crippen molar-refractivity contribution < 1.29 is 9.52 Å². The molecule has 3 nitrogen and oxygen atoms in total. The zero-order valence-corrected chi connectivity index (χ0v) is 9.61. The summed E-state index contributed by atoms with van der Waals surface area (Å²) in [6.45, 7) is 0.202. The van der Waals surface area contributed by atoms with E-state index in [4.69, 9.17) is 9.52 Å². The third-order valence-corrected chi connectivity index (χ3v) is 3.03. The molecule has 1 N–H and O–H groups in total. The Hall–Kier alpha value is -1.26. The second-order valence-corrected chi connectivity index (χ2v) is 4.39. The maximum Gasteiger partial charge on any atom is 0.226 e. The van der Waals surface area contributed by atoms with E-state index in [9.17, 15) is 0 Å². The van der Waals surface area contributed by atoms with Crippen LogP contribution in [0.25, 0.3) is 11.5 Å². The lowest BCUT2D eigenvalue weighted by atomic mass is 10.2. The van der Waals surface area contributed by atoms with Crippen molar-refractivity contribution in [2.75, 3.05) is 12.4 Å². The molecule has 0 aliphatic heterocycles. The molecular weight excluding hydrogens is 222 g/mol. The number of aliphatic hydroxyl groups is 1. The molecule has 1 heterocycles. The topological polar surface area (TPSA) is 46.3 Å². The molecule has 16 heavy (non-hydrogen) atoms. The van der Waals surface area contributed by atoms with Gasteiger partial charge in [0.2, 0.25) is 5.89 Å². The minimum absolute atomic E-state index is 0.202. The highest BCUT2D eigenvalue weighted by molar-refractivity contribution is 7.98. The summed E-state index contributed by atoms with van der Waals surface area (Å²) in [7, 11) is 0. The number of benzene rings is 1. The number of thioether (sulfide) groups is 1.